The number of aryl methyl sites for hydroxylation is 1. The van der Waals surface area contributed by atoms with Crippen molar-refractivity contribution in [2.45, 2.75) is 27.7 Å². The van der Waals surface area contributed by atoms with E-state index in [1.54, 1.807) is 21.0 Å². The van der Waals surface area contributed by atoms with E-state index < -0.39 is 5.41 Å². The van der Waals surface area contributed by atoms with Crippen molar-refractivity contribution < 1.29 is 9.59 Å². The Labute approximate surface area is 111 Å². The van der Waals surface area contributed by atoms with Crippen molar-refractivity contribution in [3.63, 3.8) is 0 Å². The third kappa shape index (κ3) is 3.29. The van der Waals surface area contributed by atoms with Crippen molar-refractivity contribution in [2.24, 2.45) is 5.41 Å². The van der Waals surface area contributed by atoms with Gasteiger partial charge in [-0.2, -0.15) is 0 Å². The van der Waals surface area contributed by atoms with Gasteiger partial charge >= 0.3 is 0 Å². The topological polar surface area (TPSA) is 62.3 Å². The first-order valence-corrected chi connectivity index (χ1v) is 6.45. The fraction of sp³-hybridized carbons (Fsp3) is 0.583. The Kier molecular flexibility index (Phi) is 4.11. The van der Waals surface area contributed by atoms with Gasteiger partial charge in [0.1, 0.15) is 4.88 Å². The number of thiazole rings is 1. The normalized spacial score (nSPS) is 11.2. The van der Waals surface area contributed by atoms with E-state index >= 15 is 0 Å². The summed E-state index contributed by atoms with van der Waals surface area (Å²) in [6, 6.07) is 0. The van der Waals surface area contributed by atoms with Gasteiger partial charge in [-0.05, 0) is 6.92 Å². The van der Waals surface area contributed by atoms with Crippen LogP contribution in [0, 0.1) is 12.3 Å². The molecule has 2 amide bonds. The van der Waals surface area contributed by atoms with E-state index in [2.05, 4.69) is 10.3 Å². The highest BCUT2D eigenvalue weighted by Crippen LogP contribution is 2.25. The molecule has 1 aromatic heterocycles. The van der Waals surface area contributed by atoms with Gasteiger partial charge in [0.05, 0.1) is 5.69 Å². The maximum absolute atomic E-state index is 11.8. The molecule has 0 atom stereocenters. The van der Waals surface area contributed by atoms with E-state index in [9.17, 15) is 9.59 Å². The molecule has 0 aliphatic rings. The second-order valence-corrected chi connectivity index (χ2v) is 6.34. The average molecular weight is 269 g/mol. The highest BCUT2D eigenvalue weighted by Gasteiger charge is 2.24. The second kappa shape index (κ2) is 5.06. The lowest BCUT2D eigenvalue weighted by atomic mass is 9.96. The second-order valence-electron chi connectivity index (χ2n) is 5.34. The van der Waals surface area contributed by atoms with Crippen LogP contribution in [0.4, 0.5) is 5.13 Å². The van der Waals surface area contributed by atoms with Crippen LogP contribution in [0.25, 0.3) is 0 Å². The van der Waals surface area contributed by atoms with E-state index in [4.69, 9.17) is 0 Å². The number of hydrogen-bond acceptors (Lipinski definition) is 4. The van der Waals surface area contributed by atoms with E-state index in [-0.39, 0.29) is 11.8 Å². The first-order valence-electron chi connectivity index (χ1n) is 5.63. The molecule has 0 spiro atoms. The molecular weight excluding hydrogens is 250 g/mol. The van der Waals surface area contributed by atoms with E-state index in [0.29, 0.717) is 15.7 Å². The molecule has 5 nitrogen and oxygen atoms in total. The van der Waals surface area contributed by atoms with Gasteiger partial charge in [-0.1, -0.05) is 32.1 Å². The Morgan fingerprint density at radius 1 is 1.28 bits per heavy atom. The van der Waals surface area contributed by atoms with Crippen LogP contribution in [0.1, 0.15) is 36.1 Å². The van der Waals surface area contributed by atoms with Gasteiger partial charge < -0.3 is 10.2 Å². The van der Waals surface area contributed by atoms with Gasteiger partial charge in [0.15, 0.2) is 5.13 Å². The summed E-state index contributed by atoms with van der Waals surface area (Å²) < 4.78 is 0. The van der Waals surface area contributed by atoms with Crippen molar-refractivity contribution in [3.8, 4) is 0 Å². The first kappa shape index (κ1) is 14.6. The minimum atomic E-state index is -0.481. The lowest BCUT2D eigenvalue weighted by molar-refractivity contribution is -0.123. The zero-order valence-corrected chi connectivity index (χ0v) is 12.4. The van der Waals surface area contributed by atoms with Crippen LogP contribution in [0.15, 0.2) is 0 Å². The molecule has 0 unspecified atom stereocenters. The largest absolute Gasteiger partial charge is 0.344 e. The lowest BCUT2D eigenvalue weighted by Gasteiger charge is -2.15. The molecule has 0 saturated heterocycles. The molecule has 6 heteroatoms. The summed E-state index contributed by atoms with van der Waals surface area (Å²) in [6.07, 6.45) is 0. The molecule has 0 saturated carbocycles. The Morgan fingerprint density at radius 2 is 1.83 bits per heavy atom. The fourth-order valence-corrected chi connectivity index (χ4v) is 2.12. The van der Waals surface area contributed by atoms with Crippen molar-refractivity contribution >= 4 is 28.3 Å². The van der Waals surface area contributed by atoms with E-state index in [1.807, 2.05) is 20.8 Å². The predicted molar refractivity (Wildman–Crippen MR) is 73.0 cm³/mol. The first-order chi connectivity index (χ1) is 8.12. The van der Waals surface area contributed by atoms with Crippen LogP contribution in [-0.4, -0.2) is 35.8 Å². The van der Waals surface area contributed by atoms with Gasteiger partial charge in [0.25, 0.3) is 5.91 Å². The van der Waals surface area contributed by atoms with Gasteiger partial charge in [-0.3, -0.25) is 9.59 Å². The molecule has 18 heavy (non-hydrogen) atoms. The summed E-state index contributed by atoms with van der Waals surface area (Å²) in [7, 11) is 3.38. The molecule has 1 heterocycles. The molecule has 0 radical (unpaired) electrons. The minimum absolute atomic E-state index is 0.0961. The summed E-state index contributed by atoms with van der Waals surface area (Å²) in [5, 5.41) is 3.20. The molecule has 100 valence electrons. The van der Waals surface area contributed by atoms with Gasteiger partial charge in [0.2, 0.25) is 5.91 Å². The number of amides is 2. The zero-order valence-electron chi connectivity index (χ0n) is 11.6. The van der Waals surface area contributed by atoms with Crippen molar-refractivity contribution in [3.05, 3.63) is 10.6 Å². The number of nitrogens with zero attached hydrogens (tertiary/aromatic N) is 2. The molecule has 0 aliphatic carbocycles. The summed E-state index contributed by atoms with van der Waals surface area (Å²) >= 11 is 1.21. The highest BCUT2D eigenvalue weighted by molar-refractivity contribution is 7.17. The van der Waals surface area contributed by atoms with Gasteiger partial charge in [-0.15, -0.1) is 0 Å². The molecule has 0 fully saturated rings. The average Bonchev–Trinajstić information content (AvgIpc) is 2.56. The molecule has 0 aliphatic heterocycles. The number of carbonyl (C=O) groups is 2. The molecule has 1 aromatic rings. The third-order valence-electron chi connectivity index (χ3n) is 2.30. The van der Waals surface area contributed by atoms with Crippen LogP contribution in [0.2, 0.25) is 0 Å². The van der Waals surface area contributed by atoms with Crippen LogP contribution >= 0.6 is 11.3 Å². The summed E-state index contributed by atoms with van der Waals surface area (Å²) in [4.78, 5) is 29.9. The lowest BCUT2D eigenvalue weighted by Crippen LogP contribution is -2.27. The quantitative estimate of drug-likeness (QED) is 0.894. The summed E-state index contributed by atoms with van der Waals surface area (Å²) in [6.45, 7) is 7.25. The molecule has 0 aromatic carbocycles. The fourth-order valence-electron chi connectivity index (χ4n) is 1.14. The minimum Gasteiger partial charge on any atom is -0.344 e. The van der Waals surface area contributed by atoms with Crippen molar-refractivity contribution in [1.29, 1.82) is 0 Å². The predicted octanol–water partition coefficient (Wildman–Crippen LogP) is 2.14. The zero-order chi connectivity index (χ0) is 14.1. The maximum atomic E-state index is 11.8. The monoisotopic (exact) mass is 269 g/mol. The Morgan fingerprint density at radius 3 is 2.28 bits per heavy atom. The Balaban J connectivity index is 2.92. The van der Waals surface area contributed by atoms with Gasteiger partial charge in [0, 0.05) is 19.5 Å². The summed E-state index contributed by atoms with van der Waals surface area (Å²) in [5.74, 6) is -0.207. The third-order valence-corrected chi connectivity index (χ3v) is 3.36. The van der Waals surface area contributed by atoms with E-state index in [0.717, 1.165) is 0 Å². The number of hydrogen-bond donors (Lipinski definition) is 1. The molecule has 0 bridgehead atoms. The van der Waals surface area contributed by atoms with Crippen molar-refractivity contribution in [2.75, 3.05) is 19.4 Å². The SMILES string of the molecule is Cc1nc(NC(=O)C(C)(C)C)sc1C(=O)N(C)C. The standard InChI is InChI=1S/C12H19N3O2S/c1-7-8(9(16)15(5)6)18-11(13-7)14-10(17)12(2,3)4/h1-6H3,(H,13,14,17). The number of nitrogens with one attached hydrogen (secondary N) is 1. The smallest absolute Gasteiger partial charge is 0.265 e. The number of rotatable bonds is 2. The highest BCUT2D eigenvalue weighted by atomic mass is 32.1. The molecule has 1 rings (SSSR count). The van der Waals surface area contributed by atoms with Crippen LogP contribution in [0.3, 0.4) is 0 Å². The number of carbonyl (C=O) groups excluding carboxylic acids is 2. The maximum Gasteiger partial charge on any atom is 0.265 e. The number of aromatic nitrogens is 1. The molecule has 1 N–H and O–H groups in total. The van der Waals surface area contributed by atoms with Crippen LogP contribution < -0.4 is 5.32 Å². The van der Waals surface area contributed by atoms with Crippen LogP contribution in [-0.2, 0) is 4.79 Å². The summed E-state index contributed by atoms with van der Waals surface area (Å²) in [5.41, 5.74) is 0.161. The van der Waals surface area contributed by atoms with Gasteiger partial charge in [-0.25, -0.2) is 4.98 Å². The van der Waals surface area contributed by atoms with Crippen molar-refractivity contribution in [1.82, 2.24) is 9.88 Å². The Hall–Kier alpha value is -1.43. The Bertz CT molecular complexity index is 472. The van der Waals surface area contributed by atoms with E-state index in [1.165, 1.54) is 16.2 Å². The number of anilines is 1. The van der Waals surface area contributed by atoms with Crippen LogP contribution in [0.5, 0.6) is 0 Å². The molecular formula is C12H19N3O2S.